The van der Waals surface area contributed by atoms with Crippen LogP contribution in [0.2, 0.25) is 0 Å². The Hall–Kier alpha value is -0.940. The highest BCUT2D eigenvalue weighted by atomic mass is 16.5. The van der Waals surface area contributed by atoms with E-state index in [-0.39, 0.29) is 73.9 Å². The molecule has 0 aromatic carbocycles. The number of hydrogen-bond acceptors (Lipinski definition) is 5. The first kappa shape index (κ1) is 39.9. The first-order valence-corrected chi connectivity index (χ1v) is 7.04. The molecule has 0 aliphatic carbocycles. The second-order valence-corrected chi connectivity index (χ2v) is 6.87. The van der Waals surface area contributed by atoms with E-state index >= 15 is 0 Å². The van der Waals surface area contributed by atoms with Crippen molar-refractivity contribution in [3.8, 4) is 0 Å². The van der Waals surface area contributed by atoms with Gasteiger partial charge in [0.2, 0.25) is 0 Å². The highest BCUT2D eigenvalue weighted by molar-refractivity contribution is 5.94. The van der Waals surface area contributed by atoms with Crippen molar-refractivity contribution < 1.29 is 19.1 Å². The van der Waals surface area contributed by atoms with E-state index in [0.29, 0.717) is 6.73 Å². The number of ether oxygens (including phenoxy) is 2. The summed E-state index contributed by atoms with van der Waals surface area (Å²) in [6.45, 7) is 10.4. The molecule has 5 nitrogen and oxygen atoms in total. The largest absolute Gasteiger partial charge is 0.462 e. The van der Waals surface area contributed by atoms with Gasteiger partial charge in [-0.05, 0) is 34.6 Å². The number of rotatable bonds is 5. The summed E-state index contributed by atoms with van der Waals surface area (Å²) in [5.41, 5.74) is -0.252. The standard InChI is InChI=1S/C15H27NO4.6CH4/c1-11(17)7-13(18)20-12-8-14(2,3)16(10-19-6)15(4,5)9-12;;;;;;/h12H,7-10H2,1-6H3;6*1H4. The van der Waals surface area contributed by atoms with Gasteiger partial charge in [-0.3, -0.25) is 14.5 Å². The van der Waals surface area contributed by atoms with E-state index in [1.54, 1.807) is 7.11 Å². The molecule has 0 spiro atoms. The van der Waals surface area contributed by atoms with Crippen LogP contribution in [0.15, 0.2) is 0 Å². The number of carbonyl (C=O) groups excluding carboxylic acids is 2. The van der Waals surface area contributed by atoms with Crippen molar-refractivity contribution in [3.63, 3.8) is 0 Å². The highest BCUT2D eigenvalue weighted by Crippen LogP contribution is 2.39. The summed E-state index contributed by atoms with van der Waals surface area (Å²) in [6.07, 6.45) is 1.19. The third-order valence-corrected chi connectivity index (χ3v) is 3.87. The Kier molecular flexibility index (Phi) is 23.3. The van der Waals surface area contributed by atoms with Crippen LogP contribution in [0, 0.1) is 0 Å². The lowest BCUT2D eigenvalue weighted by molar-refractivity contribution is -0.167. The van der Waals surface area contributed by atoms with Gasteiger partial charge in [-0.25, -0.2) is 0 Å². The van der Waals surface area contributed by atoms with Crippen molar-refractivity contribution in [1.82, 2.24) is 4.90 Å². The minimum atomic E-state index is -0.422. The molecule has 1 fully saturated rings. The van der Waals surface area contributed by atoms with Crippen molar-refractivity contribution in [2.75, 3.05) is 13.8 Å². The van der Waals surface area contributed by atoms with Crippen molar-refractivity contribution in [2.24, 2.45) is 0 Å². The lowest BCUT2D eigenvalue weighted by Gasteiger charge is -2.54. The van der Waals surface area contributed by atoms with Crippen LogP contribution in [-0.4, -0.2) is 47.7 Å². The predicted molar refractivity (Wildman–Crippen MR) is 117 cm³/mol. The lowest BCUT2D eigenvalue weighted by atomic mass is 9.78. The Morgan fingerprint density at radius 3 is 1.62 bits per heavy atom. The molecule has 0 atom stereocenters. The zero-order valence-electron chi connectivity index (χ0n) is 13.5. The van der Waals surface area contributed by atoms with Gasteiger partial charge in [-0.2, -0.15) is 0 Å². The molecular formula is C21H51NO4. The van der Waals surface area contributed by atoms with Gasteiger partial charge in [0.1, 0.15) is 18.3 Å². The second kappa shape index (κ2) is 15.2. The van der Waals surface area contributed by atoms with Gasteiger partial charge in [0.05, 0.1) is 6.73 Å². The summed E-state index contributed by atoms with van der Waals surface area (Å²) in [6, 6.07) is 0. The number of hydrogen-bond donors (Lipinski definition) is 0. The third kappa shape index (κ3) is 10.9. The molecule has 5 heteroatoms. The van der Waals surface area contributed by atoms with E-state index in [9.17, 15) is 9.59 Å². The summed E-state index contributed by atoms with van der Waals surface area (Å²) >= 11 is 0. The summed E-state index contributed by atoms with van der Waals surface area (Å²) in [7, 11) is 1.69. The van der Waals surface area contributed by atoms with Crippen LogP contribution < -0.4 is 0 Å². The Morgan fingerprint density at radius 2 is 1.31 bits per heavy atom. The van der Waals surface area contributed by atoms with Crippen molar-refractivity contribution in [2.45, 2.75) is 116 Å². The zero-order valence-corrected chi connectivity index (χ0v) is 13.5. The molecule has 26 heavy (non-hydrogen) atoms. The predicted octanol–water partition coefficient (Wildman–Crippen LogP) is 5.95. The van der Waals surface area contributed by atoms with Gasteiger partial charge in [0, 0.05) is 31.0 Å². The van der Waals surface area contributed by atoms with E-state index in [1.165, 1.54) is 6.92 Å². The first-order chi connectivity index (χ1) is 9.08. The molecule has 0 aromatic rings. The zero-order chi connectivity index (χ0) is 15.6. The summed E-state index contributed by atoms with van der Waals surface area (Å²) in [5, 5.41) is 0. The van der Waals surface area contributed by atoms with Crippen LogP contribution in [0.4, 0.5) is 0 Å². The SMILES string of the molecule is C.C.C.C.C.C.COCN1C(C)(C)CC(OC(=O)CC(C)=O)CC1(C)C. The van der Waals surface area contributed by atoms with Crippen LogP contribution in [-0.2, 0) is 19.1 Å². The Labute approximate surface area is 165 Å². The van der Waals surface area contributed by atoms with Gasteiger partial charge in [-0.15, -0.1) is 0 Å². The second-order valence-electron chi connectivity index (χ2n) is 6.87. The lowest BCUT2D eigenvalue weighted by Crippen LogP contribution is -2.62. The average Bonchev–Trinajstić information content (AvgIpc) is 2.20. The molecular weight excluding hydrogens is 330 g/mol. The molecule has 0 unspecified atom stereocenters. The van der Waals surface area contributed by atoms with Crippen molar-refractivity contribution in [3.05, 3.63) is 0 Å². The van der Waals surface area contributed by atoms with E-state index in [1.807, 2.05) is 0 Å². The fourth-order valence-electron chi connectivity index (χ4n) is 3.22. The summed E-state index contributed by atoms with van der Waals surface area (Å²) in [4.78, 5) is 24.9. The summed E-state index contributed by atoms with van der Waals surface area (Å²) in [5.74, 6) is -0.584. The van der Waals surface area contributed by atoms with Gasteiger partial charge in [0.15, 0.2) is 0 Å². The quantitative estimate of drug-likeness (QED) is 0.435. The topological polar surface area (TPSA) is 55.8 Å². The number of carbonyl (C=O) groups is 2. The van der Waals surface area contributed by atoms with Crippen LogP contribution >= 0.6 is 0 Å². The highest BCUT2D eigenvalue weighted by Gasteiger charge is 2.46. The number of methoxy groups -OCH3 is 1. The molecule has 164 valence electrons. The molecule has 1 heterocycles. The summed E-state index contributed by atoms with van der Waals surface area (Å²) < 4.78 is 10.8. The maximum Gasteiger partial charge on any atom is 0.313 e. The fraction of sp³-hybridized carbons (Fsp3) is 0.905. The molecule has 0 amide bonds. The number of piperidine rings is 1. The molecule has 0 N–H and O–H groups in total. The average molecular weight is 382 g/mol. The number of likely N-dealkylation sites (tertiary alicyclic amines) is 1. The van der Waals surface area contributed by atoms with Crippen LogP contribution in [0.25, 0.3) is 0 Å². The molecule has 0 radical (unpaired) electrons. The Balaban J connectivity index is -0.000000167. The number of nitrogens with zero attached hydrogens (tertiary/aromatic N) is 1. The first-order valence-electron chi connectivity index (χ1n) is 7.04. The minimum Gasteiger partial charge on any atom is -0.462 e. The van der Waals surface area contributed by atoms with Crippen LogP contribution in [0.1, 0.15) is 98.4 Å². The van der Waals surface area contributed by atoms with Gasteiger partial charge in [-0.1, -0.05) is 44.6 Å². The molecule has 1 rings (SSSR count). The Bertz CT molecular complexity index is 360. The van der Waals surface area contributed by atoms with Crippen molar-refractivity contribution in [1.29, 1.82) is 0 Å². The van der Waals surface area contributed by atoms with E-state index in [2.05, 4.69) is 32.6 Å². The van der Waals surface area contributed by atoms with E-state index in [0.717, 1.165) is 12.8 Å². The van der Waals surface area contributed by atoms with Gasteiger partial charge < -0.3 is 9.47 Å². The maximum absolute atomic E-state index is 11.7. The monoisotopic (exact) mass is 381 g/mol. The number of Topliss-reactive ketones (excluding diaryl/α,β-unsaturated/α-hetero) is 1. The van der Waals surface area contributed by atoms with E-state index < -0.39 is 5.97 Å². The number of esters is 1. The van der Waals surface area contributed by atoms with Gasteiger partial charge >= 0.3 is 5.97 Å². The molecule has 0 bridgehead atoms. The van der Waals surface area contributed by atoms with Crippen LogP contribution in [0.5, 0.6) is 0 Å². The fourth-order valence-corrected chi connectivity index (χ4v) is 3.22. The van der Waals surface area contributed by atoms with Crippen molar-refractivity contribution >= 4 is 11.8 Å². The van der Waals surface area contributed by atoms with Crippen LogP contribution in [0.3, 0.4) is 0 Å². The third-order valence-electron chi connectivity index (χ3n) is 3.87. The van der Waals surface area contributed by atoms with E-state index in [4.69, 9.17) is 9.47 Å². The molecule has 1 aliphatic rings. The Morgan fingerprint density at radius 1 is 0.923 bits per heavy atom. The molecule has 0 aromatic heterocycles. The number of ketones is 1. The van der Waals surface area contributed by atoms with Gasteiger partial charge in [0.25, 0.3) is 0 Å². The normalized spacial score (nSPS) is 17.3. The smallest absolute Gasteiger partial charge is 0.313 e. The molecule has 1 aliphatic heterocycles. The minimum absolute atomic E-state index is 0. The molecule has 0 saturated carbocycles. The molecule has 1 saturated heterocycles. The maximum atomic E-state index is 11.7.